The van der Waals surface area contributed by atoms with Crippen molar-refractivity contribution in [1.29, 1.82) is 0 Å². The first-order valence-corrected chi connectivity index (χ1v) is 12.7. The Labute approximate surface area is 225 Å². The van der Waals surface area contributed by atoms with Crippen LogP contribution in [-0.2, 0) is 9.59 Å². The van der Waals surface area contributed by atoms with Crippen LogP contribution in [0.25, 0.3) is 6.08 Å². The van der Waals surface area contributed by atoms with Gasteiger partial charge in [0.15, 0.2) is 22.4 Å². The van der Waals surface area contributed by atoms with Crippen molar-refractivity contribution in [1.82, 2.24) is 0 Å². The Morgan fingerprint density at radius 1 is 1.19 bits per heavy atom. The van der Waals surface area contributed by atoms with Gasteiger partial charge in [0.2, 0.25) is 0 Å². The number of amides is 2. The molecule has 1 aliphatic heterocycles. The number of ether oxygens (including phenoxy) is 2. The third-order valence-corrected chi connectivity index (χ3v) is 6.97. The summed E-state index contributed by atoms with van der Waals surface area (Å²) in [5, 5.41) is 2.79. The lowest BCUT2D eigenvalue weighted by atomic mass is 10.1. The van der Waals surface area contributed by atoms with E-state index in [2.05, 4.69) is 21.2 Å². The highest BCUT2D eigenvalue weighted by Gasteiger charge is 2.33. The Bertz CT molecular complexity index is 1380. The van der Waals surface area contributed by atoms with Gasteiger partial charge in [-0.3, -0.25) is 14.5 Å². The van der Waals surface area contributed by atoms with Crippen LogP contribution in [0.1, 0.15) is 11.1 Å². The zero-order valence-electron chi connectivity index (χ0n) is 19.2. The van der Waals surface area contributed by atoms with Gasteiger partial charge in [-0.15, -0.1) is 0 Å². The highest BCUT2D eigenvalue weighted by atomic mass is 79.9. The first-order chi connectivity index (χ1) is 17.2. The molecule has 3 aromatic carbocycles. The molecule has 0 aromatic heterocycles. The number of hydrogen-bond acceptors (Lipinski definition) is 6. The molecule has 0 atom stereocenters. The predicted octanol–water partition coefficient (Wildman–Crippen LogP) is 6.33. The molecule has 1 fully saturated rings. The molecule has 2 amide bonds. The van der Waals surface area contributed by atoms with E-state index in [4.69, 9.17) is 21.7 Å². The third kappa shape index (κ3) is 5.95. The van der Waals surface area contributed by atoms with Gasteiger partial charge in [-0.05, 0) is 88.6 Å². The number of aryl methyl sites for hydroxylation is 1. The molecule has 0 radical (unpaired) electrons. The maximum atomic E-state index is 13.3. The Morgan fingerprint density at radius 3 is 2.64 bits per heavy atom. The van der Waals surface area contributed by atoms with E-state index in [9.17, 15) is 14.0 Å². The number of carbonyl (C=O) groups is 2. The molecule has 4 rings (SSSR count). The fourth-order valence-electron chi connectivity index (χ4n) is 3.45. The second kappa shape index (κ2) is 11.2. The van der Waals surface area contributed by atoms with Crippen LogP contribution in [0.15, 0.2) is 70.0 Å². The van der Waals surface area contributed by atoms with Gasteiger partial charge in [-0.25, -0.2) is 4.39 Å². The molecule has 1 N–H and O–H groups in total. The fraction of sp³-hybridized carbons (Fsp3) is 0.115. The summed E-state index contributed by atoms with van der Waals surface area (Å²) in [5.41, 5.74) is 2.87. The minimum atomic E-state index is -0.397. The topological polar surface area (TPSA) is 67.9 Å². The summed E-state index contributed by atoms with van der Waals surface area (Å²) in [6.45, 7) is 1.72. The average molecular weight is 587 g/mol. The summed E-state index contributed by atoms with van der Waals surface area (Å²) in [4.78, 5) is 27.1. The van der Waals surface area contributed by atoms with Crippen LogP contribution >= 0.6 is 39.9 Å². The van der Waals surface area contributed by atoms with Crippen molar-refractivity contribution in [3.8, 4) is 11.5 Å². The maximum absolute atomic E-state index is 13.3. The van der Waals surface area contributed by atoms with E-state index in [0.29, 0.717) is 42.1 Å². The van der Waals surface area contributed by atoms with Crippen LogP contribution in [0.3, 0.4) is 0 Å². The molecule has 3 aromatic rings. The predicted molar refractivity (Wildman–Crippen MR) is 148 cm³/mol. The number of halogens is 2. The van der Waals surface area contributed by atoms with Gasteiger partial charge in [0.05, 0.1) is 22.2 Å². The summed E-state index contributed by atoms with van der Waals surface area (Å²) in [7, 11) is 1.49. The molecular formula is C26H20BrFN2O4S2. The van der Waals surface area contributed by atoms with E-state index in [1.165, 1.54) is 36.3 Å². The van der Waals surface area contributed by atoms with Crippen LogP contribution in [0.4, 0.5) is 15.8 Å². The van der Waals surface area contributed by atoms with Gasteiger partial charge in [0, 0.05) is 5.69 Å². The summed E-state index contributed by atoms with van der Waals surface area (Å²) < 4.78 is 25.4. The maximum Gasteiger partial charge on any atom is 0.270 e. The largest absolute Gasteiger partial charge is 0.493 e. The van der Waals surface area contributed by atoms with E-state index in [1.54, 1.807) is 24.3 Å². The zero-order chi connectivity index (χ0) is 25.8. The number of hydrogen-bond donors (Lipinski definition) is 1. The molecule has 0 bridgehead atoms. The lowest BCUT2D eigenvalue weighted by Crippen LogP contribution is -2.27. The van der Waals surface area contributed by atoms with E-state index in [1.807, 2.05) is 25.1 Å². The molecular weight excluding hydrogens is 567 g/mol. The van der Waals surface area contributed by atoms with Crippen molar-refractivity contribution in [2.75, 3.05) is 23.9 Å². The first kappa shape index (κ1) is 25.9. The Kier molecular flexibility index (Phi) is 8.07. The molecule has 1 saturated heterocycles. The summed E-state index contributed by atoms with van der Waals surface area (Å²) in [5.74, 6) is -0.282. The van der Waals surface area contributed by atoms with Crippen molar-refractivity contribution in [2.24, 2.45) is 0 Å². The van der Waals surface area contributed by atoms with Gasteiger partial charge in [0.25, 0.3) is 11.8 Å². The molecule has 0 aliphatic carbocycles. The lowest BCUT2D eigenvalue weighted by Gasteiger charge is -2.14. The smallest absolute Gasteiger partial charge is 0.270 e. The minimum Gasteiger partial charge on any atom is -0.493 e. The van der Waals surface area contributed by atoms with E-state index < -0.39 is 5.82 Å². The average Bonchev–Trinajstić information content (AvgIpc) is 3.11. The number of benzene rings is 3. The van der Waals surface area contributed by atoms with Gasteiger partial charge < -0.3 is 14.8 Å². The Hall–Kier alpha value is -3.21. The molecule has 0 spiro atoms. The van der Waals surface area contributed by atoms with Crippen molar-refractivity contribution in [2.45, 2.75) is 6.92 Å². The molecule has 36 heavy (non-hydrogen) atoms. The molecule has 184 valence electrons. The molecule has 6 nitrogen and oxygen atoms in total. The summed E-state index contributed by atoms with van der Waals surface area (Å²) >= 11 is 9.99. The van der Waals surface area contributed by atoms with Gasteiger partial charge in [-0.2, -0.15) is 0 Å². The fourth-order valence-corrected chi connectivity index (χ4v) is 5.33. The number of methoxy groups -OCH3 is 1. The Balaban J connectivity index is 1.50. The van der Waals surface area contributed by atoms with Crippen LogP contribution in [-0.4, -0.2) is 29.9 Å². The zero-order valence-corrected chi connectivity index (χ0v) is 22.4. The number of rotatable bonds is 7. The molecule has 10 heteroatoms. The monoisotopic (exact) mass is 586 g/mol. The number of thiocarbonyl (C=S) groups is 1. The van der Waals surface area contributed by atoms with E-state index in [-0.39, 0.29) is 18.4 Å². The number of nitrogens with one attached hydrogen (secondary N) is 1. The molecule has 1 heterocycles. The number of anilines is 2. The quantitative estimate of drug-likeness (QED) is 0.258. The number of thioether (sulfide) groups is 1. The van der Waals surface area contributed by atoms with Gasteiger partial charge in [0.1, 0.15) is 5.82 Å². The second-order valence-electron chi connectivity index (χ2n) is 7.73. The SMILES string of the molecule is COc1cc(/C=C2\SC(=S)N(c3ccc(F)cc3)C2=O)cc(Br)c1OCC(=O)Nc1cccc(C)c1. The highest BCUT2D eigenvalue weighted by Crippen LogP contribution is 2.40. The van der Waals surface area contributed by atoms with Crippen LogP contribution in [0, 0.1) is 12.7 Å². The van der Waals surface area contributed by atoms with Gasteiger partial charge in [-0.1, -0.05) is 36.1 Å². The van der Waals surface area contributed by atoms with Crippen LogP contribution in [0.5, 0.6) is 11.5 Å². The van der Waals surface area contributed by atoms with Crippen LogP contribution in [0.2, 0.25) is 0 Å². The van der Waals surface area contributed by atoms with Crippen molar-refractivity contribution in [3.63, 3.8) is 0 Å². The summed E-state index contributed by atoms with van der Waals surface area (Å²) in [6, 6.07) is 16.5. The first-order valence-electron chi connectivity index (χ1n) is 10.7. The van der Waals surface area contributed by atoms with Crippen molar-refractivity contribution >= 4 is 73.5 Å². The van der Waals surface area contributed by atoms with Crippen molar-refractivity contribution in [3.05, 3.63) is 87.0 Å². The lowest BCUT2D eigenvalue weighted by molar-refractivity contribution is -0.118. The number of carbonyl (C=O) groups excluding carboxylic acids is 2. The van der Waals surface area contributed by atoms with Gasteiger partial charge >= 0.3 is 0 Å². The molecule has 1 aliphatic rings. The second-order valence-corrected chi connectivity index (χ2v) is 10.3. The third-order valence-electron chi connectivity index (χ3n) is 5.08. The Morgan fingerprint density at radius 2 is 1.94 bits per heavy atom. The number of nitrogens with zero attached hydrogens (tertiary/aromatic N) is 1. The van der Waals surface area contributed by atoms with E-state index in [0.717, 1.165) is 17.3 Å². The minimum absolute atomic E-state index is 0.224. The summed E-state index contributed by atoms with van der Waals surface area (Å²) in [6.07, 6.45) is 1.68. The highest BCUT2D eigenvalue weighted by molar-refractivity contribution is 9.10. The molecule has 0 unspecified atom stereocenters. The van der Waals surface area contributed by atoms with Crippen molar-refractivity contribution < 1.29 is 23.5 Å². The normalized spacial score (nSPS) is 14.3. The van der Waals surface area contributed by atoms with Crippen LogP contribution < -0.4 is 19.7 Å². The molecule has 0 saturated carbocycles. The standard InChI is InChI=1S/C26H20BrFN2O4S2/c1-15-4-3-5-18(10-15)29-23(31)14-34-24-20(27)11-16(12-21(24)33-2)13-22-25(32)30(26(35)36-22)19-8-6-17(28)7-9-19/h3-13H,14H2,1-2H3,(H,29,31)/b22-13-. The van der Waals surface area contributed by atoms with E-state index >= 15 is 0 Å².